The Kier molecular flexibility index (Phi) is 5.02. The number of halogens is 3. The Bertz CT molecular complexity index is 1370. The highest BCUT2D eigenvalue weighted by Crippen LogP contribution is 2.70. The molecule has 0 atom stereocenters. The first-order valence-corrected chi connectivity index (χ1v) is 13.4. The summed E-state index contributed by atoms with van der Waals surface area (Å²) in [6.07, 6.45) is 6.61. The molecule has 0 aliphatic heterocycles. The Labute approximate surface area is 218 Å². The van der Waals surface area contributed by atoms with Gasteiger partial charge in [-0.25, -0.2) is 23.1 Å². The number of aromatic nitrogens is 2. The van der Waals surface area contributed by atoms with Crippen LogP contribution < -0.4 is 4.90 Å². The van der Waals surface area contributed by atoms with Crippen molar-refractivity contribution in [3.8, 4) is 11.5 Å². The molecule has 9 rings (SSSR count). The van der Waals surface area contributed by atoms with Crippen LogP contribution in [-0.2, 0) is 10.2 Å². The van der Waals surface area contributed by atoms with E-state index < -0.39 is 23.2 Å². The van der Waals surface area contributed by atoms with Crippen LogP contribution in [0.2, 0.25) is 0 Å². The van der Waals surface area contributed by atoms with Crippen molar-refractivity contribution in [2.45, 2.75) is 82.2 Å². The van der Waals surface area contributed by atoms with E-state index in [0.29, 0.717) is 17.8 Å². The molecule has 200 valence electrons. The summed E-state index contributed by atoms with van der Waals surface area (Å²) < 4.78 is 51.9. The topological polar surface area (TPSA) is 72.4 Å². The number of nitrogens with zero attached hydrogens (tertiary/aromatic N) is 3. The lowest BCUT2D eigenvalue weighted by molar-refractivity contribution is -0.211. The first kappa shape index (κ1) is 24.0. The van der Waals surface area contributed by atoms with E-state index in [1.165, 1.54) is 0 Å². The molecule has 0 unspecified atom stereocenters. The third-order valence-electron chi connectivity index (χ3n) is 9.78. The minimum Gasteiger partial charge on any atom is -0.445 e. The fraction of sp³-hybridized carbons (Fsp3) is 0.552. The van der Waals surface area contributed by atoms with Crippen molar-refractivity contribution in [1.82, 2.24) is 9.97 Å². The Morgan fingerprint density at radius 3 is 2.39 bits per heavy atom. The Morgan fingerprint density at radius 1 is 1.11 bits per heavy atom. The smallest absolute Gasteiger partial charge is 0.283 e. The normalized spacial score (nSPS) is 33.2. The third-order valence-corrected chi connectivity index (χ3v) is 9.78. The summed E-state index contributed by atoms with van der Waals surface area (Å²) in [4.78, 5) is 24.3. The van der Waals surface area contributed by atoms with Gasteiger partial charge >= 0.3 is 0 Å². The number of aryl methyl sites for hydroxylation is 1. The number of anilines is 1. The van der Waals surface area contributed by atoms with Gasteiger partial charge in [0.25, 0.3) is 6.43 Å². The second-order valence-electron chi connectivity index (χ2n) is 12.3. The average Bonchev–Trinajstić information content (AvgIpc) is 3.56. The molecule has 1 amide bonds. The lowest BCUT2D eigenvalue weighted by Gasteiger charge is -2.65. The number of rotatable bonds is 7. The van der Waals surface area contributed by atoms with Gasteiger partial charge in [0.05, 0.1) is 11.6 Å². The lowest BCUT2D eigenvalue weighted by Crippen LogP contribution is -2.71. The SMILES string of the molecule is Cc1cnc(C23CCC(CN(C(=O)C45CC(F)(C4)C5)c4cccc(-c5nc(C(F)F)co5)c4)(CC2)CC3)o1. The fourth-order valence-electron chi connectivity index (χ4n) is 7.54. The summed E-state index contributed by atoms with van der Waals surface area (Å²) in [5.41, 5.74) is -1.13. The number of alkyl halides is 3. The number of carbonyl (C=O) groups is 1. The summed E-state index contributed by atoms with van der Waals surface area (Å²) in [7, 11) is 0. The van der Waals surface area contributed by atoms with Crippen LogP contribution in [0.5, 0.6) is 0 Å². The molecule has 2 heterocycles. The van der Waals surface area contributed by atoms with Gasteiger partial charge in [0.15, 0.2) is 0 Å². The maximum atomic E-state index is 14.4. The third kappa shape index (κ3) is 3.57. The molecule has 0 spiro atoms. The van der Waals surface area contributed by atoms with E-state index in [-0.39, 0.29) is 41.9 Å². The van der Waals surface area contributed by atoms with Crippen molar-refractivity contribution in [1.29, 1.82) is 0 Å². The Balaban J connectivity index is 1.18. The molecule has 2 aromatic heterocycles. The minimum absolute atomic E-state index is 0.0324. The van der Waals surface area contributed by atoms with Crippen molar-refractivity contribution < 1.29 is 26.8 Å². The maximum absolute atomic E-state index is 14.4. The van der Waals surface area contributed by atoms with Crippen molar-refractivity contribution >= 4 is 11.6 Å². The van der Waals surface area contributed by atoms with Gasteiger partial charge in [-0.05, 0) is 88.3 Å². The fourth-order valence-corrected chi connectivity index (χ4v) is 7.54. The highest BCUT2D eigenvalue weighted by Gasteiger charge is 2.73. The van der Waals surface area contributed by atoms with Gasteiger partial charge < -0.3 is 13.7 Å². The van der Waals surface area contributed by atoms with Gasteiger partial charge in [-0.2, -0.15) is 0 Å². The van der Waals surface area contributed by atoms with E-state index >= 15 is 0 Å². The Morgan fingerprint density at radius 2 is 1.82 bits per heavy atom. The molecular weight excluding hydrogens is 495 g/mol. The monoisotopic (exact) mass is 525 g/mol. The summed E-state index contributed by atoms with van der Waals surface area (Å²) in [6, 6.07) is 7.15. The van der Waals surface area contributed by atoms with E-state index in [2.05, 4.69) is 9.97 Å². The van der Waals surface area contributed by atoms with E-state index in [1.807, 2.05) is 17.9 Å². The van der Waals surface area contributed by atoms with E-state index in [9.17, 15) is 18.0 Å². The Hall–Kier alpha value is -3.10. The minimum atomic E-state index is -2.73. The molecule has 6 saturated carbocycles. The van der Waals surface area contributed by atoms with Gasteiger partial charge in [0, 0.05) is 23.2 Å². The number of oxazole rings is 2. The highest BCUT2D eigenvalue weighted by molar-refractivity contribution is 6.00. The maximum Gasteiger partial charge on any atom is 0.283 e. The van der Waals surface area contributed by atoms with E-state index in [0.717, 1.165) is 56.4 Å². The van der Waals surface area contributed by atoms with Crippen LogP contribution in [0.1, 0.15) is 81.6 Å². The van der Waals surface area contributed by atoms with E-state index in [4.69, 9.17) is 8.83 Å². The van der Waals surface area contributed by atoms with Crippen LogP contribution in [0.25, 0.3) is 11.5 Å². The summed E-state index contributed by atoms with van der Waals surface area (Å²) in [5.74, 6) is 1.71. The standard InChI is InChI=1S/C29H30F3N3O3/c1-18-12-33-24(38-18)27-8-5-26(6-9-27,7-10-27)17-35(25(36)28-14-29(32,15-28)16-28)20-4-2-3-19(11-20)23-34-21(13-37-23)22(30)31/h2-4,11-13,22H,5-10,14-17H2,1H3. The molecule has 0 saturated heterocycles. The second-order valence-corrected chi connectivity index (χ2v) is 12.3. The lowest BCUT2D eigenvalue weighted by atomic mass is 9.41. The van der Waals surface area contributed by atoms with Gasteiger partial charge in [-0.1, -0.05) is 6.07 Å². The number of hydrogen-bond donors (Lipinski definition) is 0. The van der Waals surface area contributed by atoms with Crippen LogP contribution in [0.3, 0.4) is 0 Å². The van der Waals surface area contributed by atoms with Crippen molar-refractivity contribution in [2.75, 3.05) is 11.4 Å². The van der Waals surface area contributed by atoms with Crippen LogP contribution in [0.4, 0.5) is 18.9 Å². The molecule has 9 heteroatoms. The predicted octanol–water partition coefficient (Wildman–Crippen LogP) is 7.09. The van der Waals surface area contributed by atoms with Crippen LogP contribution in [-0.4, -0.2) is 28.1 Å². The molecule has 3 aromatic rings. The van der Waals surface area contributed by atoms with Crippen molar-refractivity contribution in [3.05, 3.63) is 54.1 Å². The second kappa shape index (κ2) is 7.96. The number of hydrogen-bond acceptors (Lipinski definition) is 5. The number of fused-ring (bicyclic) bond motifs is 3. The van der Waals surface area contributed by atoms with Gasteiger partial charge in [0.1, 0.15) is 23.4 Å². The molecule has 6 fully saturated rings. The molecule has 0 radical (unpaired) electrons. The summed E-state index contributed by atoms with van der Waals surface area (Å²) in [5, 5.41) is 0. The molecule has 6 aliphatic carbocycles. The molecule has 1 aromatic carbocycles. The van der Waals surface area contributed by atoms with Gasteiger partial charge in [-0.3, -0.25) is 4.79 Å². The van der Waals surface area contributed by atoms with Crippen molar-refractivity contribution in [3.63, 3.8) is 0 Å². The van der Waals surface area contributed by atoms with Gasteiger partial charge in [0.2, 0.25) is 17.7 Å². The number of amides is 1. The summed E-state index contributed by atoms with van der Waals surface area (Å²) in [6.45, 7) is 2.46. The summed E-state index contributed by atoms with van der Waals surface area (Å²) >= 11 is 0. The van der Waals surface area contributed by atoms with Crippen molar-refractivity contribution in [2.24, 2.45) is 10.8 Å². The molecule has 0 N–H and O–H groups in total. The van der Waals surface area contributed by atoms with E-state index in [1.54, 1.807) is 24.4 Å². The molecule has 4 bridgehead atoms. The number of carbonyl (C=O) groups excluding carboxylic acids is 1. The zero-order valence-electron chi connectivity index (χ0n) is 21.3. The molecule has 38 heavy (non-hydrogen) atoms. The zero-order chi connectivity index (χ0) is 26.3. The first-order valence-electron chi connectivity index (χ1n) is 13.4. The van der Waals surface area contributed by atoms with Crippen LogP contribution in [0, 0.1) is 17.8 Å². The first-order chi connectivity index (χ1) is 18.1. The molecule has 6 aliphatic rings. The molecule has 6 nitrogen and oxygen atoms in total. The quantitative estimate of drug-likeness (QED) is 0.329. The number of benzene rings is 1. The van der Waals surface area contributed by atoms with Gasteiger partial charge in [-0.15, -0.1) is 0 Å². The highest BCUT2D eigenvalue weighted by atomic mass is 19.3. The largest absolute Gasteiger partial charge is 0.445 e. The zero-order valence-corrected chi connectivity index (χ0v) is 21.3. The predicted molar refractivity (Wildman–Crippen MR) is 132 cm³/mol. The average molecular weight is 526 g/mol. The molecular formula is C29H30F3N3O3. The van der Waals surface area contributed by atoms with Crippen LogP contribution >= 0.6 is 0 Å². The van der Waals surface area contributed by atoms with Crippen LogP contribution in [0.15, 0.2) is 45.6 Å².